The van der Waals surface area contributed by atoms with Crippen LogP contribution in [0.25, 0.3) is 0 Å². The van der Waals surface area contributed by atoms with Crippen LogP contribution in [-0.2, 0) is 17.9 Å². The first-order valence-corrected chi connectivity index (χ1v) is 11.3. The van der Waals surface area contributed by atoms with Gasteiger partial charge in [-0.2, -0.15) is 0 Å². The molecule has 0 bridgehead atoms. The highest BCUT2D eigenvalue weighted by atomic mass is 35.5. The minimum absolute atomic E-state index is 0.132. The predicted octanol–water partition coefficient (Wildman–Crippen LogP) is 4.57. The van der Waals surface area contributed by atoms with E-state index in [0.717, 1.165) is 5.56 Å². The second-order valence-corrected chi connectivity index (χ2v) is 8.44. The van der Waals surface area contributed by atoms with Crippen LogP contribution in [0.5, 0.6) is 0 Å². The molecule has 0 aliphatic rings. The number of carbonyl (C=O) groups is 2. The summed E-state index contributed by atoms with van der Waals surface area (Å²) >= 11 is 13.2. The molecule has 162 valence electrons. The lowest BCUT2D eigenvalue weighted by atomic mass is 10.1. The van der Waals surface area contributed by atoms with Crippen molar-refractivity contribution in [3.05, 3.63) is 69.5 Å². The molecule has 0 radical (unpaired) electrons. The molecule has 0 fully saturated rings. The van der Waals surface area contributed by atoms with Crippen LogP contribution in [0.1, 0.15) is 28.7 Å². The summed E-state index contributed by atoms with van der Waals surface area (Å²) in [6.07, 6.45) is 0. The zero-order chi connectivity index (χ0) is 22.4. The zero-order valence-electron chi connectivity index (χ0n) is 17.0. The maximum Gasteiger partial charge on any atom is 0.251 e. The van der Waals surface area contributed by atoms with Crippen LogP contribution >= 0.6 is 35.0 Å². The van der Waals surface area contributed by atoms with E-state index in [1.54, 1.807) is 24.3 Å². The van der Waals surface area contributed by atoms with Crippen molar-refractivity contribution in [1.82, 2.24) is 20.1 Å². The number of nitrogens with one attached hydrogen (secondary N) is 2. The number of anilines is 1. The predicted molar refractivity (Wildman–Crippen MR) is 124 cm³/mol. The van der Waals surface area contributed by atoms with Gasteiger partial charge in [-0.15, -0.1) is 10.2 Å². The minimum Gasteiger partial charge on any atom is -0.345 e. The number of aryl methyl sites for hydroxylation is 1. The van der Waals surface area contributed by atoms with Crippen molar-refractivity contribution in [2.45, 2.75) is 32.1 Å². The van der Waals surface area contributed by atoms with Gasteiger partial charge in [0.25, 0.3) is 5.91 Å². The van der Waals surface area contributed by atoms with Crippen LogP contribution in [0.4, 0.5) is 5.69 Å². The van der Waals surface area contributed by atoms with Gasteiger partial charge >= 0.3 is 0 Å². The Morgan fingerprint density at radius 2 is 1.94 bits per heavy atom. The Morgan fingerprint density at radius 3 is 2.65 bits per heavy atom. The average molecular weight is 478 g/mol. The number of benzene rings is 2. The topological polar surface area (TPSA) is 88.9 Å². The van der Waals surface area contributed by atoms with Crippen LogP contribution in [0.2, 0.25) is 10.0 Å². The molecule has 31 heavy (non-hydrogen) atoms. The highest BCUT2D eigenvalue weighted by Crippen LogP contribution is 2.26. The highest BCUT2D eigenvalue weighted by molar-refractivity contribution is 7.99. The third kappa shape index (κ3) is 6.22. The van der Waals surface area contributed by atoms with E-state index in [1.165, 1.54) is 11.8 Å². The summed E-state index contributed by atoms with van der Waals surface area (Å²) in [5.74, 6) is 0.344. The van der Waals surface area contributed by atoms with E-state index in [9.17, 15) is 9.59 Å². The van der Waals surface area contributed by atoms with Gasteiger partial charge in [0.05, 0.1) is 23.0 Å². The molecule has 1 heterocycles. The lowest BCUT2D eigenvalue weighted by Crippen LogP contribution is -2.25. The van der Waals surface area contributed by atoms with Crippen molar-refractivity contribution < 1.29 is 9.59 Å². The lowest BCUT2D eigenvalue weighted by molar-refractivity contribution is -0.113. The van der Waals surface area contributed by atoms with Crippen LogP contribution in [0.15, 0.2) is 47.6 Å². The Bertz CT molecular complexity index is 1100. The van der Waals surface area contributed by atoms with Gasteiger partial charge in [-0.3, -0.25) is 9.59 Å². The van der Waals surface area contributed by atoms with E-state index in [0.29, 0.717) is 38.8 Å². The Labute approximate surface area is 194 Å². The SMILES string of the molecule is CCn1c(CNC(=O)c2cccc(C)c2)nnc1SCC(=O)Nc1ccc(Cl)cc1Cl. The van der Waals surface area contributed by atoms with Gasteiger partial charge in [0, 0.05) is 17.1 Å². The molecule has 3 rings (SSSR count). The van der Waals surface area contributed by atoms with Crippen LogP contribution in [-0.4, -0.2) is 32.3 Å². The van der Waals surface area contributed by atoms with Crippen LogP contribution in [0, 0.1) is 6.92 Å². The van der Waals surface area contributed by atoms with Gasteiger partial charge in [0.15, 0.2) is 11.0 Å². The summed E-state index contributed by atoms with van der Waals surface area (Å²) in [6.45, 7) is 4.73. The summed E-state index contributed by atoms with van der Waals surface area (Å²) in [4.78, 5) is 24.7. The number of nitrogens with zero attached hydrogens (tertiary/aromatic N) is 3. The Morgan fingerprint density at radius 1 is 1.13 bits per heavy atom. The number of aromatic nitrogens is 3. The van der Waals surface area contributed by atoms with Gasteiger partial charge in [-0.25, -0.2) is 0 Å². The molecule has 1 aromatic heterocycles. The average Bonchev–Trinajstić information content (AvgIpc) is 3.14. The molecule has 2 N–H and O–H groups in total. The smallest absolute Gasteiger partial charge is 0.251 e. The quantitative estimate of drug-likeness (QED) is 0.463. The van der Waals surface area contributed by atoms with Crippen molar-refractivity contribution in [3.8, 4) is 0 Å². The number of hydrogen-bond acceptors (Lipinski definition) is 5. The Kier molecular flexibility index (Phi) is 7.95. The van der Waals surface area contributed by atoms with E-state index < -0.39 is 0 Å². The maximum atomic E-state index is 12.4. The van der Waals surface area contributed by atoms with E-state index in [-0.39, 0.29) is 24.1 Å². The minimum atomic E-state index is -0.228. The van der Waals surface area contributed by atoms with Crippen molar-refractivity contribution in [1.29, 1.82) is 0 Å². The third-order valence-corrected chi connectivity index (χ3v) is 5.85. The molecule has 10 heteroatoms. The summed E-state index contributed by atoms with van der Waals surface area (Å²) < 4.78 is 1.86. The first-order valence-electron chi connectivity index (χ1n) is 9.52. The van der Waals surface area contributed by atoms with Gasteiger partial charge in [-0.05, 0) is 44.2 Å². The van der Waals surface area contributed by atoms with E-state index >= 15 is 0 Å². The van der Waals surface area contributed by atoms with E-state index in [1.807, 2.05) is 36.6 Å². The zero-order valence-corrected chi connectivity index (χ0v) is 19.3. The lowest BCUT2D eigenvalue weighted by Gasteiger charge is -2.09. The second kappa shape index (κ2) is 10.7. The molecule has 0 saturated carbocycles. The molecule has 0 spiro atoms. The number of hydrogen-bond donors (Lipinski definition) is 2. The first-order chi connectivity index (χ1) is 14.9. The molecule has 7 nitrogen and oxygen atoms in total. The van der Waals surface area contributed by atoms with Gasteiger partial charge < -0.3 is 15.2 Å². The van der Waals surface area contributed by atoms with Gasteiger partial charge in [0.1, 0.15) is 0 Å². The molecular weight excluding hydrogens is 457 g/mol. The molecule has 0 aliphatic carbocycles. The summed E-state index contributed by atoms with van der Waals surface area (Å²) in [6, 6.07) is 12.2. The molecule has 2 aromatic carbocycles. The first kappa shape index (κ1) is 23.1. The molecule has 0 unspecified atom stereocenters. The maximum absolute atomic E-state index is 12.4. The summed E-state index contributed by atoms with van der Waals surface area (Å²) in [5.41, 5.74) is 2.10. The second-order valence-electron chi connectivity index (χ2n) is 6.66. The molecule has 0 aliphatic heterocycles. The third-order valence-electron chi connectivity index (χ3n) is 4.33. The standard InChI is InChI=1S/C21H21Cl2N5O2S/c1-3-28-18(11-24-20(30)14-6-4-5-13(2)9-14)26-27-21(28)31-12-19(29)25-17-8-7-15(22)10-16(17)23/h4-10H,3,11-12H2,1-2H3,(H,24,30)(H,25,29). The fraction of sp³-hybridized carbons (Fsp3) is 0.238. The normalized spacial score (nSPS) is 10.7. The molecule has 3 aromatic rings. The van der Waals surface area contributed by atoms with Gasteiger partial charge in [-0.1, -0.05) is 52.7 Å². The fourth-order valence-electron chi connectivity index (χ4n) is 2.83. The van der Waals surface area contributed by atoms with Crippen molar-refractivity contribution in [2.24, 2.45) is 0 Å². The van der Waals surface area contributed by atoms with E-state index in [4.69, 9.17) is 23.2 Å². The largest absolute Gasteiger partial charge is 0.345 e. The monoisotopic (exact) mass is 477 g/mol. The summed E-state index contributed by atoms with van der Waals surface area (Å²) in [7, 11) is 0. The molecule has 0 saturated heterocycles. The van der Waals surface area contributed by atoms with Crippen molar-refractivity contribution >= 4 is 52.5 Å². The van der Waals surface area contributed by atoms with Crippen LogP contribution in [0.3, 0.4) is 0 Å². The number of rotatable bonds is 8. The molecule has 0 atom stereocenters. The fourth-order valence-corrected chi connectivity index (χ4v) is 4.11. The van der Waals surface area contributed by atoms with E-state index in [2.05, 4.69) is 20.8 Å². The highest BCUT2D eigenvalue weighted by Gasteiger charge is 2.15. The van der Waals surface area contributed by atoms with Crippen molar-refractivity contribution in [2.75, 3.05) is 11.1 Å². The number of thioether (sulfide) groups is 1. The van der Waals surface area contributed by atoms with Crippen molar-refractivity contribution in [3.63, 3.8) is 0 Å². The Balaban J connectivity index is 1.58. The Hall–Kier alpha value is -2.55. The summed E-state index contributed by atoms with van der Waals surface area (Å²) in [5, 5.41) is 15.4. The number of halogens is 2. The van der Waals surface area contributed by atoms with Crippen LogP contribution < -0.4 is 10.6 Å². The molecule has 2 amide bonds. The number of carbonyl (C=O) groups excluding carboxylic acids is 2. The number of amides is 2. The molecular formula is C21H21Cl2N5O2S. The van der Waals surface area contributed by atoms with Gasteiger partial charge in [0.2, 0.25) is 5.91 Å².